The minimum Gasteiger partial charge on any atom is -0.212 e. The maximum atomic E-state index is 11.6. The summed E-state index contributed by atoms with van der Waals surface area (Å²) < 4.78 is 25.7. The summed E-state index contributed by atoms with van der Waals surface area (Å²) >= 11 is 0. The van der Waals surface area contributed by atoms with Gasteiger partial charge >= 0.3 is 0 Å². The first-order chi connectivity index (χ1) is 8.00. The normalized spacial score (nSPS) is 13.0. The van der Waals surface area contributed by atoms with Crippen molar-refractivity contribution >= 4 is 10.0 Å². The predicted molar refractivity (Wildman–Crippen MR) is 66.7 cm³/mol. The van der Waals surface area contributed by atoms with E-state index in [1.54, 1.807) is 19.1 Å². The molecule has 92 valence electrons. The Kier molecular flexibility index (Phi) is 4.67. The number of nitrogens with zero attached hydrogens (tertiary/aromatic N) is 1. The second-order valence-electron chi connectivity index (χ2n) is 3.86. The van der Waals surface area contributed by atoms with E-state index in [1.807, 2.05) is 25.1 Å². The van der Waals surface area contributed by atoms with Crippen LogP contribution in [0.4, 0.5) is 0 Å². The number of sulfonamides is 1. The van der Waals surface area contributed by atoms with Crippen molar-refractivity contribution in [1.82, 2.24) is 4.72 Å². The largest absolute Gasteiger partial charge is 0.213 e. The molecule has 4 nitrogen and oxygen atoms in total. The molecule has 0 bridgehead atoms. The summed E-state index contributed by atoms with van der Waals surface area (Å²) in [5, 5.41) is 9.06. The molecule has 0 saturated carbocycles. The summed E-state index contributed by atoms with van der Waals surface area (Å²) in [5.41, 5.74) is 1.60. The van der Waals surface area contributed by atoms with Gasteiger partial charge < -0.3 is 0 Å². The van der Waals surface area contributed by atoms with Gasteiger partial charge in [-0.05, 0) is 24.5 Å². The molecule has 0 aliphatic rings. The van der Waals surface area contributed by atoms with E-state index in [0.717, 1.165) is 5.56 Å². The molecule has 1 atom stereocenters. The van der Waals surface area contributed by atoms with Crippen LogP contribution in [0.2, 0.25) is 0 Å². The Labute approximate surface area is 102 Å². The molecule has 1 aromatic rings. The SMILES string of the molecule is CCCS(=O)(=O)NC(C#N)c1ccccc1C. The summed E-state index contributed by atoms with van der Waals surface area (Å²) in [6.45, 7) is 3.64. The van der Waals surface area contributed by atoms with E-state index in [0.29, 0.717) is 12.0 Å². The summed E-state index contributed by atoms with van der Waals surface area (Å²) in [5.74, 6) is 0.0388. The molecule has 17 heavy (non-hydrogen) atoms. The Balaban J connectivity index is 2.96. The highest BCUT2D eigenvalue weighted by molar-refractivity contribution is 7.89. The molecule has 0 aliphatic carbocycles. The minimum atomic E-state index is -3.38. The third-order valence-corrected chi connectivity index (χ3v) is 3.94. The average Bonchev–Trinajstić information content (AvgIpc) is 2.27. The van der Waals surface area contributed by atoms with E-state index in [9.17, 15) is 8.42 Å². The number of nitrogens with one attached hydrogen (secondary N) is 1. The fourth-order valence-corrected chi connectivity index (χ4v) is 2.77. The van der Waals surface area contributed by atoms with Crippen molar-refractivity contribution in [1.29, 1.82) is 5.26 Å². The maximum absolute atomic E-state index is 11.6. The Hall–Kier alpha value is -1.38. The van der Waals surface area contributed by atoms with E-state index < -0.39 is 16.1 Å². The van der Waals surface area contributed by atoms with E-state index in [2.05, 4.69) is 4.72 Å². The van der Waals surface area contributed by atoms with Crippen molar-refractivity contribution in [3.8, 4) is 6.07 Å². The second-order valence-corrected chi connectivity index (χ2v) is 5.73. The van der Waals surface area contributed by atoms with Crippen LogP contribution >= 0.6 is 0 Å². The molecule has 0 heterocycles. The summed E-state index contributed by atoms with van der Waals surface area (Å²) in [6.07, 6.45) is 0.529. The topological polar surface area (TPSA) is 70.0 Å². The van der Waals surface area contributed by atoms with Gasteiger partial charge in [0.15, 0.2) is 0 Å². The van der Waals surface area contributed by atoms with Crippen molar-refractivity contribution in [2.75, 3.05) is 5.75 Å². The van der Waals surface area contributed by atoms with Crippen LogP contribution in [-0.2, 0) is 10.0 Å². The fraction of sp³-hybridized carbons (Fsp3) is 0.417. The van der Waals surface area contributed by atoms with Crippen LogP contribution in [0, 0.1) is 18.3 Å². The van der Waals surface area contributed by atoms with Gasteiger partial charge in [0.2, 0.25) is 10.0 Å². The lowest BCUT2D eigenvalue weighted by Crippen LogP contribution is -2.30. The molecule has 1 rings (SSSR count). The third kappa shape index (κ3) is 3.84. The highest BCUT2D eigenvalue weighted by Crippen LogP contribution is 2.17. The van der Waals surface area contributed by atoms with Gasteiger partial charge in [0.1, 0.15) is 6.04 Å². The van der Waals surface area contributed by atoms with Gasteiger partial charge in [0.05, 0.1) is 11.8 Å². The minimum absolute atomic E-state index is 0.0388. The lowest BCUT2D eigenvalue weighted by molar-refractivity contribution is 0.574. The van der Waals surface area contributed by atoms with Gasteiger partial charge in [-0.3, -0.25) is 0 Å². The zero-order valence-corrected chi connectivity index (χ0v) is 10.8. The summed E-state index contributed by atoms with van der Waals surface area (Å²) in [4.78, 5) is 0. The van der Waals surface area contributed by atoms with Crippen molar-refractivity contribution in [2.45, 2.75) is 26.3 Å². The molecule has 0 fully saturated rings. The average molecular weight is 252 g/mol. The Morgan fingerprint density at radius 3 is 2.59 bits per heavy atom. The molecule has 1 aromatic carbocycles. The number of hydrogen-bond acceptors (Lipinski definition) is 3. The number of benzene rings is 1. The molecule has 0 aliphatic heterocycles. The molecule has 0 amide bonds. The molecular formula is C12H16N2O2S. The Morgan fingerprint density at radius 1 is 1.41 bits per heavy atom. The molecule has 0 aromatic heterocycles. The molecule has 0 spiro atoms. The van der Waals surface area contributed by atoms with E-state index >= 15 is 0 Å². The lowest BCUT2D eigenvalue weighted by atomic mass is 10.0. The van der Waals surface area contributed by atoms with E-state index in [-0.39, 0.29) is 5.75 Å². The van der Waals surface area contributed by atoms with Crippen LogP contribution in [-0.4, -0.2) is 14.2 Å². The van der Waals surface area contributed by atoms with E-state index in [4.69, 9.17) is 5.26 Å². The highest BCUT2D eigenvalue weighted by atomic mass is 32.2. The highest BCUT2D eigenvalue weighted by Gasteiger charge is 2.19. The Bertz CT molecular complexity index is 518. The summed E-state index contributed by atoms with van der Waals surface area (Å²) in [7, 11) is -3.38. The molecule has 1 N–H and O–H groups in total. The zero-order chi connectivity index (χ0) is 12.9. The fourth-order valence-electron chi connectivity index (χ4n) is 1.58. The van der Waals surface area contributed by atoms with Crippen molar-refractivity contribution < 1.29 is 8.42 Å². The predicted octanol–water partition coefficient (Wildman–Crippen LogP) is 1.89. The third-order valence-electron chi connectivity index (χ3n) is 2.40. The first-order valence-corrected chi connectivity index (χ1v) is 7.10. The van der Waals surface area contributed by atoms with Gasteiger partial charge in [0.25, 0.3) is 0 Å². The van der Waals surface area contributed by atoms with Crippen LogP contribution < -0.4 is 4.72 Å². The van der Waals surface area contributed by atoms with E-state index in [1.165, 1.54) is 0 Å². The van der Waals surface area contributed by atoms with Gasteiger partial charge in [0, 0.05) is 0 Å². The molecule has 5 heteroatoms. The van der Waals surface area contributed by atoms with Gasteiger partial charge in [-0.25, -0.2) is 8.42 Å². The second kappa shape index (κ2) is 5.80. The number of nitriles is 1. The van der Waals surface area contributed by atoms with Crippen molar-refractivity contribution in [2.24, 2.45) is 0 Å². The number of aryl methyl sites for hydroxylation is 1. The van der Waals surface area contributed by atoms with Gasteiger partial charge in [-0.15, -0.1) is 0 Å². The molecule has 0 saturated heterocycles. The summed E-state index contributed by atoms with van der Waals surface area (Å²) in [6, 6.07) is 8.44. The van der Waals surface area contributed by atoms with Gasteiger partial charge in [-0.1, -0.05) is 31.2 Å². The standard InChI is InChI=1S/C12H16N2O2S/c1-3-8-17(15,16)14-12(9-13)11-7-5-4-6-10(11)2/h4-7,12,14H,3,8H2,1-2H3. The molecular weight excluding hydrogens is 236 g/mol. The first-order valence-electron chi connectivity index (χ1n) is 5.45. The van der Waals surface area contributed by atoms with Crippen LogP contribution in [0.5, 0.6) is 0 Å². The lowest BCUT2D eigenvalue weighted by Gasteiger charge is -2.14. The zero-order valence-electron chi connectivity index (χ0n) is 9.97. The van der Waals surface area contributed by atoms with Crippen LogP contribution in [0.25, 0.3) is 0 Å². The number of rotatable bonds is 5. The first kappa shape index (κ1) is 13.7. The maximum Gasteiger partial charge on any atom is 0.213 e. The van der Waals surface area contributed by atoms with Gasteiger partial charge in [-0.2, -0.15) is 9.98 Å². The monoisotopic (exact) mass is 252 g/mol. The van der Waals surface area contributed by atoms with Crippen molar-refractivity contribution in [3.05, 3.63) is 35.4 Å². The smallest absolute Gasteiger partial charge is 0.212 e. The van der Waals surface area contributed by atoms with Crippen LogP contribution in [0.1, 0.15) is 30.5 Å². The quantitative estimate of drug-likeness (QED) is 0.870. The molecule has 1 unspecified atom stereocenters. The molecule has 0 radical (unpaired) electrons. The number of hydrogen-bond donors (Lipinski definition) is 1. The van der Waals surface area contributed by atoms with Crippen LogP contribution in [0.3, 0.4) is 0 Å². The van der Waals surface area contributed by atoms with Crippen molar-refractivity contribution in [3.63, 3.8) is 0 Å². The Morgan fingerprint density at radius 2 is 2.06 bits per heavy atom. The van der Waals surface area contributed by atoms with Crippen LogP contribution in [0.15, 0.2) is 24.3 Å².